The Balaban J connectivity index is 1.79. The van der Waals surface area contributed by atoms with E-state index in [-0.39, 0.29) is 11.5 Å². The van der Waals surface area contributed by atoms with Crippen molar-refractivity contribution in [2.75, 3.05) is 12.4 Å². The van der Waals surface area contributed by atoms with Gasteiger partial charge in [-0.15, -0.1) is 11.7 Å². The molecule has 0 atom stereocenters. The number of Topliss-reactive ketones (excluding diaryl/α,β-unsaturated/α-hetero) is 1. The maximum Gasteiger partial charge on any atom is 0.214 e. The highest BCUT2D eigenvalue weighted by molar-refractivity contribution is 7.99. The van der Waals surface area contributed by atoms with Crippen LogP contribution in [0.3, 0.4) is 0 Å². The zero-order valence-electron chi connectivity index (χ0n) is 16.3. The second kappa shape index (κ2) is 8.88. The normalized spacial score (nSPS) is 10.8. The fourth-order valence-electron chi connectivity index (χ4n) is 3.03. The van der Waals surface area contributed by atoms with Crippen LogP contribution in [0.2, 0.25) is 0 Å². The number of thioether (sulfide) groups is 1. The molecule has 0 unspecified atom stereocenters. The van der Waals surface area contributed by atoms with Crippen LogP contribution < -0.4 is 4.74 Å². The molecular formula is C20H23N5O2S. The first-order chi connectivity index (χ1) is 13.6. The number of carbonyl (C=O) groups excluding carboxylic acids is 1. The minimum atomic E-state index is 0.0426. The predicted octanol–water partition coefficient (Wildman–Crippen LogP) is 3.64. The lowest BCUT2D eigenvalue weighted by atomic mass is 10.2. The molecule has 2 heterocycles. The number of nitrogens with zero attached hydrogens (tertiary/aromatic N) is 5. The fourth-order valence-corrected chi connectivity index (χ4v) is 3.80. The molecule has 28 heavy (non-hydrogen) atoms. The summed E-state index contributed by atoms with van der Waals surface area (Å²) in [4.78, 5) is 12.8. The van der Waals surface area contributed by atoms with Gasteiger partial charge in [-0.05, 0) is 49.4 Å². The maximum atomic E-state index is 12.8. The standard InChI is InChI=1S/C20H23N5O2S/c1-5-11-24-14(3)12-16(15(24)4)18(26)13-28-20-21-22-23-25(20)17-9-7-8-10-19(17)27-6-2/h5,7-10,12H,1,6,11,13H2,2-4H3. The van der Waals surface area contributed by atoms with Gasteiger partial charge in [0.2, 0.25) is 5.16 Å². The third-order valence-corrected chi connectivity index (χ3v) is 5.27. The first kappa shape index (κ1) is 19.9. The van der Waals surface area contributed by atoms with Crippen molar-refractivity contribution in [1.82, 2.24) is 24.8 Å². The topological polar surface area (TPSA) is 74.8 Å². The van der Waals surface area contributed by atoms with Gasteiger partial charge in [0.1, 0.15) is 11.4 Å². The number of aryl methyl sites for hydroxylation is 1. The van der Waals surface area contributed by atoms with E-state index in [1.54, 1.807) is 4.68 Å². The molecule has 0 aliphatic rings. The number of para-hydroxylation sites is 2. The summed E-state index contributed by atoms with van der Waals surface area (Å²) in [6.07, 6.45) is 1.83. The number of hydrogen-bond donors (Lipinski definition) is 0. The molecule has 3 aromatic rings. The zero-order chi connectivity index (χ0) is 20.1. The first-order valence-corrected chi connectivity index (χ1v) is 9.99. The zero-order valence-corrected chi connectivity index (χ0v) is 17.1. The maximum absolute atomic E-state index is 12.8. The Kier molecular flexibility index (Phi) is 6.30. The summed E-state index contributed by atoms with van der Waals surface area (Å²) >= 11 is 1.31. The molecule has 0 aliphatic carbocycles. The predicted molar refractivity (Wildman–Crippen MR) is 109 cm³/mol. The van der Waals surface area contributed by atoms with Crippen LogP contribution in [0.25, 0.3) is 5.69 Å². The molecule has 0 radical (unpaired) electrons. The van der Waals surface area contributed by atoms with Crippen molar-refractivity contribution in [3.05, 3.63) is 59.9 Å². The van der Waals surface area contributed by atoms with Crippen molar-refractivity contribution in [2.24, 2.45) is 0 Å². The van der Waals surface area contributed by atoms with Gasteiger partial charge in [0, 0.05) is 23.5 Å². The number of allylic oxidation sites excluding steroid dienone is 1. The third kappa shape index (κ3) is 4.01. The third-order valence-electron chi connectivity index (χ3n) is 4.35. The molecule has 1 aromatic carbocycles. The average molecular weight is 398 g/mol. The summed E-state index contributed by atoms with van der Waals surface area (Å²) in [5.74, 6) is 0.981. The minimum absolute atomic E-state index is 0.0426. The summed E-state index contributed by atoms with van der Waals surface area (Å²) in [6.45, 7) is 10.9. The Morgan fingerprint density at radius 3 is 2.86 bits per heavy atom. The smallest absolute Gasteiger partial charge is 0.214 e. The quantitative estimate of drug-likeness (QED) is 0.312. The van der Waals surface area contributed by atoms with E-state index in [2.05, 4.69) is 26.7 Å². The Labute approximate surface area is 168 Å². The molecule has 0 fully saturated rings. The van der Waals surface area contributed by atoms with Crippen LogP contribution in [-0.2, 0) is 6.54 Å². The van der Waals surface area contributed by atoms with E-state index in [1.165, 1.54) is 11.8 Å². The summed E-state index contributed by atoms with van der Waals surface area (Å²) in [5, 5.41) is 12.5. The van der Waals surface area contributed by atoms with Crippen molar-refractivity contribution in [2.45, 2.75) is 32.5 Å². The molecule has 0 bridgehead atoms. The van der Waals surface area contributed by atoms with Gasteiger partial charge in [-0.3, -0.25) is 4.79 Å². The highest BCUT2D eigenvalue weighted by Gasteiger charge is 2.18. The molecular weight excluding hydrogens is 374 g/mol. The van der Waals surface area contributed by atoms with Gasteiger partial charge in [-0.25, -0.2) is 0 Å². The van der Waals surface area contributed by atoms with Crippen molar-refractivity contribution in [1.29, 1.82) is 0 Å². The molecule has 0 saturated carbocycles. The van der Waals surface area contributed by atoms with Gasteiger partial charge in [-0.1, -0.05) is 30.0 Å². The van der Waals surface area contributed by atoms with Crippen molar-refractivity contribution < 1.29 is 9.53 Å². The van der Waals surface area contributed by atoms with Crippen LogP contribution in [0.5, 0.6) is 5.75 Å². The van der Waals surface area contributed by atoms with Gasteiger partial charge >= 0.3 is 0 Å². The van der Waals surface area contributed by atoms with Crippen molar-refractivity contribution >= 4 is 17.5 Å². The van der Waals surface area contributed by atoms with Crippen LogP contribution in [0.1, 0.15) is 28.7 Å². The SMILES string of the molecule is C=CCn1c(C)cc(C(=O)CSc2nnnn2-c2ccccc2OCC)c1C. The minimum Gasteiger partial charge on any atom is -0.492 e. The van der Waals surface area contributed by atoms with E-state index >= 15 is 0 Å². The average Bonchev–Trinajstić information content (AvgIpc) is 3.27. The van der Waals surface area contributed by atoms with E-state index < -0.39 is 0 Å². The summed E-state index contributed by atoms with van der Waals surface area (Å²) in [6, 6.07) is 9.47. The largest absolute Gasteiger partial charge is 0.492 e. The second-order valence-electron chi connectivity index (χ2n) is 6.17. The lowest BCUT2D eigenvalue weighted by Gasteiger charge is -2.10. The van der Waals surface area contributed by atoms with Gasteiger partial charge in [0.25, 0.3) is 0 Å². The van der Waals surface area contributed by atoms with Crippen molar-refractivity contribution in [3.8, 4) is 11.4 Å². The van der Waals surface area contributed by atoms with Gasteiger partial charge < -0.3 is 9.30 Å². The number of hydrogen-bond acceptors (Lipinski definition) is 6. The van der Waals surface area contributed by atoms with Crippen LogP contribution in [0.4, 0.5) is 0 Å². The number of aromatic nitrogens is 5. The number of benzene rings is 1. The van der Waals surface area contributed by atoms with Gasteiger partial charge in [-0.2, -0.15) is 4.68 Å². The molecule has 146 valence electrons. The monoisotopic (exact) mass is 397 g/mol. The van der Waals surface area contributed by atoms with Crippen LogP contribution in [-0.4, -0.2) is 42.9 Å². The first-order valence-electron chi connectivity index (χ1n) is 9.01. The van der Waals surface area contributed by atoms with E-state index in [1.807, 2.05) is 57.2 Å². The van der Waals surface area contributed by atoms with E-state index in [4.69, 9.17) is 4.74 Å². The molecule has 8 heteroatoms. The molecule has 3 rings (SSSR count). The molecule has 0 saturated heterocycles. The Bertz CT molecular complexity index is 992. The Morgan fingerprint density at radius 2 is 2.11 bits per heavy atom. The number of ketones is 1. The number of carbonyl (C=O) groups is 1. The van der Waals surface area contributed by atoms with Gasteiger partial charge in [0.15, 0.2) is 5.78 Å². The lowest BCUT2D eigenvalue weighted by Crippen LogP contribution is -2.08. The fraction of sp³-hybridized carbons (Fsp3) is 0.300. The molecule has 0 amide bonds. The molecule has 0 aliphatic heterocycles. The van der Waals surface area contributed by atoms with Crippen LogP contribution in [0, 0.1) is 13.8 Å². The molecule has 0 N–H and O–H groups in total. The summed E-state index contributed by atoms with van der Waals surface area (Å²) < 4.78 is 9.34. The van der Waals surface area contributed by atoms with Crippen LogP contribution >= 0.6 is 11.8 Å². The van der Waals surface area contributed by atoms with Gasteiger partial charge in [0.05, 0.1) is 12.4 Å². The summed E-state index contributed by atoms with van der Waals surface area (Å²) in [5.41, 5.74) is 3.46. The number of rotatable bonds is 9. The number of tetrazole rings is 1. The van der Waals surface area contributed by atoms with E-state index in [0.29, 0.717) is 24.1 Å². The highest BCUT2D eigenvalue weighted by atomic mass is 32.2. The Morgan fingerprint density at radius 1 is 1.32 bits per heavy atom. The molecule has 2 aromatic heterocycles. The Hall–Kier alpha value is -2.87. The van der Waals surface area contributed by atoms with Crippen LogP contribution in [0.15, 0.2) is 48.1 Å². The van der Waals surface area contributed by atoms with E-state index in [0.717, 1.165) is 22.6 Å². The summed E-state index contributed by atoms with van der Waals surface area (Å²) in [7, 11) is 0. The lowest BCUT2D eigenvalue weighted by molar-refractivity contribution is 0.102. The molecule has 7 nitrogen and oxygen atoms in total. The van der Waals surface area contributed by atoms with E-state index in [9.17, 15) is 4.79 Å². The molecule has 0 spiro atoms. The number of ether oxygens (including phenoxy) is 1. The van der Waals surface area contributed by atoms with Crippen molar-refractivity contribution in [3.63, 3.8) is 0 Å². The second-order valence-corrected chi connectivity index (χ2v) is 7.11. The highest BCUT2D eigenvalue weighted by Crippen LogP contribution is 2.27.